The van der Waals surface area contributed by atoms with Gasteiger partial charge in [-0.3, -0.25) is 24.0 Å². The molecule has 344 valence electrons. The quantitative estimate of drug-likeness (QED) is 0.0859. The van der Waals surface area contributed by atoms with Gasteiger partial charge in [0, 0.05) is 36.0 Å². The third-order valence-electron chi connectivity index (χ3n) is 12.1. The Hall–Kier alpha value is -7.18. The number of carboxylic acid groups (broad SMARTS) is 1. The van der Waals surface area contributed by atoms with Crippen LogP contribution < -0.4 is 20.7 Å². The van der Waals surface area contributed by atoms with E-state index in [0.717, 1.165) is 32.7 Å². The molecular weight excluding hydrogens is 863 g/mol. The summed E-state index contributed by atoms with van der Waals surface area (Å²) in [5.74, 6) is -5.08. The zero-order chi connectivity index (χ0) is 47.0. The van der Waals surface area contributed by atoms with Gasteiger partial charge in [0.25, 0.3) is 0 Å². The zero-order valence-corrected chi connectivity index (χ0v) is 38.0. The number of carboxylic acids is 1. The van der Waals surface area contributed by atoms with E-state index in [1.54, 1.807) is 24.3 Å². The third-order valence-corrected chi connectivity index (χ3v) is 13.0. The average molecular weight is 918 g/mol. The molecule has 8 rings (SSSR count). The van der Waals surface area contributed by atoms with Crippen LogP contribution >= 0.6 is 11.3 Å². The first kappa shape index (κ1) is 47.8. The Bertz CT molecular complexity index is 2570. The molecule has 3 heterocycles. The van der Waals surface area contributed by atoms with Crippen LogP contribution in [0.2, 0.25) is 0 Å². The summed E-state index contributed by atoms with van der Waals surface area (Å²) < 4.78 is 5.88. The van der Waals surface area contributed by atoms with E-state index in [2.05, 4.69) is 16.0 Å². The Morgan fingerprint density at radius 3 is 1.91 bits per heavy atom. The number of carbonyl (C=O) groups excluding carboxylic acids is 5. The van der Waals surface area contributed by atoms with Crippen molar-refractivity contribution in [1.82, 2.24) is 16.0 Å². The lowest BCUT2D eigenvalue weighted by Gasteiger charge is -2.26. The molecule has 1 aromatic heterocycles. The average Bonchev–Trinajstić information content (AvgIpc) is 3.87. The first-order valence-corrected chi connectivity index (χ1v) is 23.6. The molecular formula is C55H55N3O8S. The molecule has 3 amide bonds. The van der Waals surface area contributed by atoms with Crippen LogP contribution in [0.15, 0.2) is 157 Å². The smallest absolute Gasteiger partial charge is 0.326 e. The van der Waals surface area contributed by atoms with Crippen molar-refractivity contribution in [2.24, 2.45) is 11.8 Å². The van der Waals surface area contributed by atoms with E-state index in [9.17, 15) is 33.9 Å². The van der Waals surface area contributed by atoms with Crippen molar-refractivity contribution in [3.8, 4) is 16.9 Å². The van der Waals surface area contributed by atoms with Crippen molar-refractivity contribution < 1.29 is 38.6 Å². The van der Waals surface area contributed by atoms with E-state index in [-0.39, 0.29) is 57.3 Å². The van der Waals surface area contributed by atoms with E-state index in [0.29, 0.717) is 24.2 Å². The molecule has 0 radical (unpaired) electrons. The minimum atomic E-state index is -1.23. The molecule has 5 aromatic carbocycles. The topological polar surface area (TPSA) is 168 Å². The number of nitrogens with one attached hydrogen (secondary N) is 3. The summed E-state index contributed by atoms with van der Waals surface area (Å²) in [5.41, 5.74) is 5.28. The molecule has 2 aliphatic heterocycles. The second kappa shape index (κ2) is 23.8. The molecule has 0 unspecified atom stereocenters. The van der Waals surface area contributed by atoms with Gasteiger partial charge >= 0.3 is 5.97 Å². The number of ketones is 2. The van der Waals surface area contributed by atoms with Gasteiger partial charge in [-0.15, -0.1) is 11.3 Å². The van der Waals surface area contributed by atoms with Gasteiger partial charge in [-0.05, 0) is 95.5 Å². The fraction of sp³-hybridized carbons (Fsp3) is 0.273. The number of Topliss-reactive ketones (excluding diaryl/α,β-unsaturated/α-hetero) is 2. The van der Waals surface area contributed by atoms with E-state index in [1.165, 1.54) is 11.3 Å². The number of benzene rings is 5. The zero-order valence-electron chi connectivity index (χ0n) is 37.2. The van der Waals surface area contributed by atoms with Gasteiger partial charge in [-0.1, -0.05) is 133 Å². The Morgan fingerprint density at radius 1 is 0.642 bits per heavy atom. The van der Waals surface area contributed by atoms with Gasteiger partial charge in [0.15, 0.2) is 11.6 Å². The highest BCUT2D eigenvalue weighted by Gasteiger charge is 2.34. The first-order valence-electron chi connectivity index (χ1n) is 22.7. The summed E-state index contributed by atoms with van der Waals surface area (Å²) in [6, 6.07) is 43.6. The number of aryl methyl sites for hydroxylation is 2. The number of aliphatic carboxylic acids is 1. The molecule has 4 N–H and O–H groups in total. The number of hydrogen-bond acceptors (Lipinski definition) is 8. The van der Waals surface area contributed by atoms with Crippen LogP contribution in [0, 0.1) is 11.8 Å². The summed E-state index contributed by atoms with van der Waals surface area (Å²) >= 11 is 1.47. The highest BCUT2D eigenvalue weighted by molar-refractivity contribution is 7.09. The Kier molecular flexibility index (Phi) is 17.0. The normalized spacial score (nSPS) is 18.9. The predicted molar refractivity (Wildman–Crippen MR) is 258 cm³/mol. The Balaban J connectivity index is 1.21. The predicted octanol–water partition coefficient (Wildman–Crippen LogP) is 7.79. The molecule has 67 heavy (non-hydrogen) atoms. The first-order chi connectivity index (χ1) is 32.6. The molecule has 0 saturated carbocycles. The second-order valence-corrected chi connectivity index (χ2v) is 18.1. The van der Waals surface area contributed by atoms with Gasteiger partial charge in [-0.2, -0.15) is 0 Å². The molecule has 2 bridgehead atoms. The monoisotopic (exact) mass is 917 g/mol. The highest BCUT2D eigenvalue weighted by Crippen LogP contribution is 2.24. The molecule has 11 nitrogen and oxygen atoms in total. The molecule has 5 atom stereocenters. The van der Waals surface area contributed by atoms with Crippen LogP contribution in [-0.4, -0.2) is 65.1 Å². The molecule has 0 saturated heterocycles. The molecule has 0 aliphatic carbocycles. The van der Waals surface area contributed by atoms with Gasteiger partial charge in [0.05, 0.1) is 6.04 Å². The van der Waals surface area contributed by atoms with Crippen molar-refractivity contribution in [3.63, 3.8) is 0 Å². The number of rotatable bonds is 14. The van der Waals surface area contributed by atoms with E-state index >= 15 is 0 Å². The third kappa shape index (κ3) is 14.4. The van der Waals surface area contributed by atoms with Gasteiger partial charge < -0.3 is 25.8 Å². The summed E-state index contributed by atoms with van der Waals surface area (Å²) in [6.07, 6.45) is 1.10. The van der Waals surface area contributed by atoms with Crippen LogP contribution in [0.1, 0.15) is 52.8 Å². The maximum atomic E-state index is 14.7. The largest absolute Gasteiger partial charge is 0.486 e. The minimum absolute atomic E-state index is 0.0726. The van der Waals surface area contributed by atoms with Gasteiger partial charge in [-0.25, -0.2) is 4.79 Å². The lowest BCUT2D eigenvalue weighted by molar-refractivity contribution is -0.143. The standard InChI is InChI=1S/C55H55N3O8S/c59-45-33-44(34-47-17-10-30-67-47)53(62)58-50(32-40-18-24-42(25-19-40)41-15-8-3-9-16-41)54(63)56-48(28-22-37-11-4-1-5-12-37)51(60)35-43(31-39-20-26-46(27-21-39)66-36-45)52(61)57-49(55(64)65)29-23-38-13-6-2-7-14-38/h1-21,24-27,30,43-44,48-50H,22-23,28-29,31-36H2,(H,56,63)(H,57,61)(H,58,62)(H,64,65)/t43-,44-,48-,49+,50+/m1/s1. The number of amides is 3. The van der Waals surface area contributed by atoms with Gasteiger partial charge in [0.2, 0.25) is 17.7 Å². The van der Waals surface area contributed by atoms with Crippen molar-refractivity contribution in [1.29, 1.82) is 0 Å². The maximum absolute atomic E-state index is 14.7. The molecule has 0 spiro atoms. The highest BCUT2D eigenvalue weighted by atomic mass is 32.1. The summed E-state index contributed by atoms with van der Waals surface area (Å²) in [4.78, 5) is 85.1. The lowest BCUT2D eigenvalue weighted by atomic mass is 9.89. The lowest BCUT2D eigenvalue weighted by Crippen LogP contribution is -2.54. The Morgan fingerprint density at radius 2 is 1.27 bits per heavy atom. The van der Waals surface area contributed by atoms with Crippen molar-refractivity contribution in [2.45, 2.75) is 75.9 Å². The number of hydrogen-bond donors (Lipinski definition) is 4. The van der Waals surface area contributed by atoms with E-state index < -0.39 is 59.4 Å². The number of ether oxygens (including phenoxy) is 1. The minimum Gasteiger partial charge on any atom is -0.486 e. The maximum Gasteiger partial charge on any atom is 0.326 e. The fourth-order valence-electron chi connectivity index (χ4n) is 8.32. The van der Waals surface area contributed by atoms with Crippen LogP contribution in [0.3, 0.4) is 0 Å². The number of carbonyl (C=O) groups is 6. The van der Waals surface area contributed by atoms with Crippen LogP contribution in [-0.2, 0) is 60.9 Å². The fourth-order valence-corrected chi connectivity index (χ4v) is 9.10. The molecule has 12 heteroatoms. The second-order valence-electron chi connectivity index (χ2n) is 17.1. The number of fused-ring (bicyclic) bond motifs is 16. The van der Waals surface area contributed by atoms with Crippen LogP contribution in [0.5, 0.6) is 5.75 Å². The number of thiophene rings is 1. The van der Waals surface area contributed by atoms with Crippen molar-refractivity contribution >= 4 is 46.6 Å². The van der Waals surface area contributed by atoms with E-state index in [4.69, 9.17) is 4.74 Å². The SMILES string of the molecule is O=C1COc2ccc(cc2)C[C@@H](C(=O)N[C@@H](CCc2ccccc2)C(=O)O)CC(=O)[C@@H](CCc2ccccc2)NC(=O)[C@H](Cc2ccc(-c3ccccc3)cc2)NC(=O)[C@@H](Cc2cccs2)C1. The molecule has 6 aromatic rings. The van der Waals surface area contributed by atoms with Crippen LogP contribution in [0.4, 0.5) is 0 Å². The summed E-state index contributed by atoms with van der Waals surface area (Å²) in [5, 5.41) is 20.8. The molecule has 2 aliphatic rings. The van der Waals surface area contributed by atoms with Crippen LogP contribution in [0.25, 0.3) is 11.1 Å². The van der Waals surface area contributed by atoms with Gasteiger partial charge in [0.1, 0.15) is 24.4 Å². The van der Waals surface area contributed by atoms with Crippen molar-refractivity contribution in [3.05, 3.63) is 184 Å². The Labute approximate surface area is 395 Å². The van der Waals surface area contributed by atoms with E-state index in [1.807, 2.05) is 133 Å². The van der Waals surface area contributed by atoms with Crippen molar-refractivity contribution in [2.75, 3.05) is 6.61 Å². The summed E-state index contributed by atoms with van der Waals surface area (Å²) in [7, 11) is 0. The summed E-state index contributed by atoms with van der Waals surface area (Å²) in [6.45, 7) is -0.298. The molecule has 0 fully saturated rings.